The molecule has 3 aliphatic rings. The molecule has 1 amide bonds. The van der Waals surface area contributed by atoms with E-state index in [1.54, 1.807) is 12.1 Å². The van der Waals surface area contributed by atoms with Gasteiger partial charge in [-0.3, -0.25) is 14.7 Å². The van der Waals surface area contributed by atoms with Crippen LogP contribution in [-0.4, -0.2) is 80.0 Å². The first-order valence-corrected chi connectivity index (χ1v) is 10.5. The monoisotopic (exact) mass is 413 g/mol. The predicted octanol–water partition coefficient (Wildman–Crippen LogP) is 2.66. The summed E-state index contributed by atoms with van der Waals surface area (Å²) < 4.78 is 19.8. The van der Waals surface area contributed by atoms with Crippen molar-refractivity contribution in [3.05, 3.63) is 59.5 Å². The third-order valence-corrected chi connectivity index (χ3v) is 5.83. The molecule has 2 saturated heterocycles. The number of carbonyl (C=O) groups is 1. The third kappa shape index (κ3) is 4.80. The number of nitrogens with zero attached hydrogens (tertiary/aromatic N) is 3. The quantitative estimate of drug-likeness (QED) is 0.777. The lowest BCUT2D eigenvalue weighted by Crippen LogP contribution is -2.47. The summed E-state index contributed by atoms with van der Waals surface area (Å²) in [6.45, 7) is 6.51. The van der Waals surface area contributed by atoms with Crippen LogP contribution in [0.5, 0.6) is 0 Å². The minimum Gasteiger partial charge on any atom is -0.447 e. The lowest BCUT2D eigenvalue weighted by molar-refractivity contribution is 0.119. The molecule has 1 aromatic rings. The van der Waals surface area contributed by atoms with E-state index >= 15 is 0 Å². The van der Waals surface area contributed by atoms with Crippen molar-refractivity contribution in [2.45, 2.75) is 6.42 Å². The maximum atomic E-state index is 14.8. The first kappa shape index (κ1) is 20.8. The number of anilines is 1. The molecule has 2 aliphatic heterocycles. The van der Waals surface area contributed by atoms with E-state index in [1.807, 2.05) is 6.08 Å². The fourth-order valence-corrected chi connectivity index (χ4v) is 4.10. The Morgan fingerprint density at radius 2 is 1.87 bits per heavy atom. The van der Waals surface area contributed by atoms with E-state index in [-0.39, 0.29) is 12.4 Å². The summed E-state index contributed by atoms with van der Waals surface area (Å²) in [5, 5.41) is 9.07. The Hall–Kier alpha value is -2.48. The van der Waals surface area contributed by atoms with Gasteiger partial charge >= 0.3 is 6.09 Å². The van der Waals surface area contributed by atoms with Gasteiger partial charge in [0.15, 0.2) is 0 Å². The molecule has 2 heterocycles. The Labute approximate surface area is 176 Å². The van der Waals surface area contributed by atoms with E-state index in [0.29, 0.717) is 30.8 Å². The molecule has 2 fully saturated rings. The number of cyclic esters (lactones) is 1. The van der Waals surface area contributed by atoms with Gasteiger partial charge in [-0.25, -0.2) is 9.18 Å². The second kappa shape index (κ2) is 9.55. The highest BCUT2D eigenvalue weighted by atomic mass is 19.1. The predicted molar refractivity (Wildman–Crippen MR) is 115 cm³/mol. The van der Waals surface area contributed by atoms with Crippen molar-refractivity contribution in [1.82, 2.24) is 9.80 Å². The molecule has 1 aliphatic carbocycles. The number of ether oxygens (including phenoxy) is 1. The van der Waals surface area contributed by atoms with Crippen LogP contribution in [0.4, 0.5) is 14.9 Å². The van der Waals surface area contributed by atoms with Gasteiger partial charge in [-0.2, -0.15) is 0 Å². The standard InChI is InChI=1S/C23H28FN3O3/c24-22-16-20(27-13-15-30-23(27)29)6-7-21(22)19-3-1-2-18(4-5-19)17-26-10-8-25(9-11-26)12-14-28/h1-2,4-7,16,28H,3,8-15,17H2. The summed E-state index contributed by atoms with van der Waals surface area (Å²) in [7, 11) is 0. The zero-order valence-electron chi connectivity index (χ0n) is 17.1. The lowest BCUT2D eigenvalue weighted by Gasteiger charge is -2.34. The van der Waals surface area contributed by atoms with Crippen molar-refractivity contribution in [1.29, 1.82) is 0 Å². The van der Waals surface area contributed by atoms with Crippen LogP contribution in [0.3, 0.4) is 0 Å². The summed E-state index contributed by atoms with van der Waals surface area (Å²) >= 11 is 0. The molecule has 6 nitrogen and oxygen atoms in total. The Morgan fingerprint density at radius 1 is 1.07 bits per heavy atom. The van der Waals surface area contributed by atoms with Crippen LogP contribution in [0.15, 0.2) is 48.1 Å². The number of carbonyl (C=O) groups excluding carboxylic acids is 1. The van der Waals surface area contributed by atoms with Gasteiger partial charge in [-0.05, 0) is 35.8 Å². The topological polar surface area (TPSA) is 56.2 Å². The highest BCUT2D eigenvalue weighted by molar-refractivity contribution is 5.89. The van der Waals surface area contributed by atoms with Crippen molar-refractivity contribution in [2.75, 3.05) is 63.9 Å². The summed E-state index contributed by atoms with van der Waals surface area (Å²) in [4.78, 5) is 17.8. The van der Waals surface area contributed by atoms with Gasteiger partial charge in [0.05, 0.1) is 18.8 Å². The van der Waals surface area contributed by atoms with Gasteiger partial charge in [-0.1, -0.05) is 24.3 Å². The molecule has 160 valence electrons. The Balaban J connectivity index is 1.42. The zero-order valence-corrected chi connectivity index (χ0v) is 17.1. The molecule has 0 bridgehead atoms. The maximum absolute atomic E-state index is 14.8. The van der Waals surface area contributed by atoms with Gasteiger partial charge < -0.3 is 9.84 Å². The molecule has 7 heteroatoms. The van der Waals surface area contributed by atoms with Crippen molar-refractivity contribution < 1.29 is 19.0 Å². The zero-order chi connectivity index (χ0) is 20.9. The van der Waals surface area contributed by atoms with Crippen LogP contribution in [-0.2, 0) is 4.74 Å². The molecule has 0 unspecified atom stereocenters. The largest absolute Gasteiger partial charge is 0.447 e. The number of hydrogen-bond donors (Lipinski definition) is 1. The third-order valence-electron chi connectivity index (χ3n) is 5.83. The van der Waals surface area contributed by atoms with Gasteiger partial charge in [0.2, 0.25) is 0 Å². The molecule has 0 radical (unpaired) electrons. The molecule has 0 saturated carbocycles. The van der Waals surface area contributed by atoms with Gasteiger partial charge in [0.1, 0.15) is 12.4 Å². The van der Waals surface area contributed by atoms with Gasteiger partial charge in [-0.15, -0.1) is 0 Å². The van der Waals surface area contributed by atoms with Crippen molar-refractivity contribution in [2.24, 2.45) is 0 Å². The van der Waals surface area contributed by atoms with Crippen molar-refractivity contribution >= 4 is 17.4 Å². The van der Waals surface area contributed by atoms with Crippen LogP contribution < -0.4 is 4.90 Å². The summed E-state index contributed by atoms with van der Waals surface area (Å²) in [5.41, 5.74) is 3.21. The van der Waals surface area contributed by atoms with Crippen LogP contribution in [0, 0.1) is 5.82 Å². The number of aliphatic hydroxyl groups is 1. The number of allylic oxidation sites excluding steroid dienone is 4. The average molecular weight is 413 g/mol. The first-order chi connectivity index (χ1) is 14.6. The van der Waals surface area contributed by atoms with Crippen LogP contribution in [0.1, 0.15) is 12.0 Å². The molecule has 0 spiro atoms. The Bertz CT molecular complexity index is 872. The number of benzene rings is 1. The molecule has 30 heavy (non-hydrogen) atoms. The number of halogens is 1. The van der Waals surface area contributed by atoms with Crippen molar-refractivity contribution in [3.8, 4) is 0 Å². The lowest BCUT2D eigenvalue weighted by atomic mass is 10.0. The molecule has 1 N–H and O–H groups in total. The Morgan fingerprint density at radius 3 is 2.57 bits per heavy atom. The highest BCUT2D eigenvalue weighted by Crippen LogP contribution is 2.29. The number of amides is 1. The van der Waals surface area contributed by atoms with Gasteiger partial charge in [0.25, 0.3) is 0 Å². The number of rotatable bonds is 6. The van der Waals surface area contributed by atoms with Gasteiger partial charge in [0, 0.05) is 44.8 Å². The maximum Gasteiger partial charge on any atom is 0.414 e. The Kier molecular flexibility index (Phi) is 6.62. The van der Waals surface area contributed by atoms with E-state index in [0.717, 1.165) is 44.8 Å². The fraction of sp³-hybridized carbons (Fsp3) is 0.435. The van der Waals surface area contributed by atoms with Crippen LogP contribution in [0.2, 0.25) is 0 Å². The van der Waals surface area contributed by atoms with Crippen LogP contribution in [0.25, 0.3) is 5.57 Å². The first-order valence-electron chi connectivity index (χ1n) is 10.5. The number of β-amino-alcohol motifs (C(OH)–C–C–N with tert-alkyl or cyclic N) is 1. The normalized spacial score (nSPS) is 20.7. The second-order valence-electron chi connectivity index (χ2n) is 7.81. The highest BCUT2D eigenvalue weighted by Gasteiger charge is 2.24. The minimum atomic E-state index is -0.427. The molecular formula is C23H28FN3O3. The van der Waals surface area contributed by atoms with E-state index in [1.165, 1.54) is 16.5 Å². The number of piperazine rings is 1. The molecule has 0 atom stereocenters. The van der Waals surface area contributed by atoms with Crippen molar-refractivity contribution in [3.63, 3.8) is 0 Å². The van der Waals surface area contributed by atoms with Crippen LogP contribution >= 0.6 is 0 Å². The molecule has 4 rings (SSSR count). The SMILES string of the molecule is O=C1OCCN1c1ccc(C2=CC=C(CN3CCN(CCO)CC3)C=CC2)c(F)c1. The smallest absolute Gasteiger partial charge is 0.414 e. The average Bonchev–Trinajstić information content (AvgIpc) is 3.04. The second-order valence-corrected chi connectivity index (χ2v) is 7.81. The molecule has 1 aromatic carbocycles. The van der Waals surface area contributed by atoms with E-state index in [9.17, 15) is 9.18 Å². The van der Waals surface area contributed by atoms with E-state index in [2.05, 4.69) is 28.0 Å². The minimum absolute atomic E-state index is 0.209. The summed E-state index contributed by atoms with van der Waals surface area (Å²) in [6.07, 6.45) is 8.51. The van der Waals surface area contributed by atoms with E-state index in [4.69, 9.17) is 9.84 Å². The summed E-state index contributed by atoms with van der Waals surface area (Å²) in [5.74, 6) is -0.330. The van der Waals surface area contributed by atoms with E-state index < -0.39 is 6.09 Å². The fourth-order valence-electron chi connectivity index (χ4n) is 4.10. The summed E-state index contributed by atoms with van der Waals surface area (Å²) in [6, 6.07) is 4.93. The number of hydrogen-bond acceptors (Lipinski definition) is 5. The molecular weight excluding hydrogens is 385 g/mol. The number of aliphatic hydroxyl groups excluding tert-OH is 1. The molecule has 0 aromatic heterocycles.